The molecule has 0 aliphatic heterocycles. The number of hydrogen-bond donors (Lipinski definition) is 2. The van der Waals surface area contributed by atoms with Gasteiger partial charge in [-0.15, -0.1) is 0 Å². The van der Waals surface area contributed by atoms with Gasteiger partial charge < -0.3 is 15.4 Å². The third-order valence-corrected chi connectivity index (χ3v) is 3.37. The molecular weight excluding hydrogens is 290 g/mol. The summed E-state index contributed by atoms with van der Waals surface area (Å²) in [7, 11) is 0. The van der Waals surface area contributed by atoms with Crippen LogP contribution >= 0.6 is 11.8 Å². The summed E-state index contributed by atoms with van der Waals surface area (Å²) >= 11 is 1.18. The lowest BCUT2D eigenvalue weighted by atomic mass is 10.3. The Balaban J connectivity index is 1.95. The van der Waals surface area contributed by atoms with E-state index in [2.05, 4.69) is 20.1 Å². The van der Waals surface area contributed by atoms with Gasteiger partial charge in [-0.25, -0.2) is 15.0 Å². The van der Waals surface area contributed by atoms with Crippen molar-refractivity contribution in [2.24, 2.45) is 10.9 Å². The highest BCUT2D eigenvalue weighted by molar-refractivity contribution is 7.98. The van der Waals surface area contributed by atoms with Crippen molar-refractivity contribution in [1.82, 2.24) is 15.0 Å². The van der Waals surface area contributed by atoms with Gasteiger partial charge in [0.05, 0.1) is 0 Å². The number of fused-ring (bicyclic) bond motifs is 1. The fourth-order valence-electron chi connectivity index (χ4n) is 1.74. The fourth-order valence-corrected chi connectivity index (χ4v) is 2.51. The highest BCUT2D eigenvalue weighted by Gasteiger charge is 2.12. The van der Waals surface area contributed by atoms with Gasteiger partial charge in [0.2, 0.25) is 0 Å². The zero-order valence-corrected chi connectivity index (χ0v) is 11.8. The summed E-state index contributed by atoms with van der Waals surface area (Å²) < 4.78 is 5.60. The van der Waals surface area contributed by atoms with Crippen molar-refractivity contribution in [3.05, 3.63) is 41.7 Å². The van der Waals surface area contributed by atoms with Gasteiger partial charge >= 0.3 is 0 Å². The number of nitrogens with zero attached hydrogens (tertiary/aromatic N) is 4. The number of hydrogen-bond acceptors (Lipinski definition) is 7. The number of amidine groups is 1. The van der Waals surface area contributed by atoms with Gasteiger partial charge in [-0.1, -0.05) is 17.3 Å². The zero-order chi connectivity index (χ0) is 14.8. The first-order valence-corrected chi connectivity index (χ1v) is 6.84. The van der Waals surface area contributed by atoms with Crippen LogP contribution < -0.4 is 5.73 Å². The Labute approximate surface area is 123 Å². The molecule has 0 saturated carbocycles. The van der Waals surface area contributed by atoms with Crippen LogP contribution in [0.1, 0.15) is 11.4 Å². The standard InChI is InChI=1S/C13H11N5O2S/c1-7-6-9(11(14)18-19)16-12(15-7)21-13-17-8-4-2-3-5-10(8)20-13/h2-6,19H,1H3,(H2,14,18). The van der Waals surface area contributed by atoms with E-state index in [1.165, 1.54) is 11.8 Å². The van der Waals surface area contributed by atoms with Crippen LogP contribution in [-0.4, -0.2) is 26.0 Å². The molecule has 8 heteroatoms. The summed E-state index contributed by atoms with van der Waals surface area (Å²) in [6.07, 6.45) is 0. The van der Waals surface area contributed by atoms with Gasteiger partial charge in [0.15, 0.2) is 16.6 Å². The van der Waals surface area contributed by atoms with E-state index >= 15 is 0 Å². The Morgan fingerprint density at radius 3 is 2.86 bits per heavy atom. The molecule has 0 aliphatic carbocycles. The molecule has 3 aromatic rings. The average Bonchev–Trinajstić information content (AvgIpc) is 2.87. The van der Waals surface area contributed by atoms with E-state index in [4.69, 9.17) is 15.4 Å². The SMILES string of the molecule is Cc1cc(/C(N)=N/O)nc(Sc2nc3ccccc3o2)n1. The molecule has 2 aromatic heterocycles. The summed E-state index contributed by atoms with van der Waals surface area (Å²) in [5.41, 5.74) is 8.06. The van der Waals surface area contributed by atoms with Crippen molar-refractivity contribution in [3.8, 4) is 0 Å². The van der Waals surface area contributed by atoms with Crippen LogP contribution in [-0.2, 0) is 0 Å². The molecule has 0 fully saturated rings. The monoisotopic (exact) mass is 301 g/mol. The van der Waals surface area contributed by atoms with Crippen molar-refractivity contribution >= 4 is 28.7 Å². The second-order valence-corrected chi connectivity index (χ2v) is 5.13. The molecule has 21 heavy (non-hydrogen) atoms. The maximum atomic E-state index is 8.72. The van der Waals surface area contributed by atoms with Gasteiger partial charge in [-0.2, -0.15) is 0 Å². The van der Waals surface area contributed by atoms with Crippen molar-refractivity contribution in [1.29, 1.82) is 0 Å². The third-order valence-electron chi connectivity index (χ3n) is 2.66. The minimum atomic E-state index is -0.0695. The normalized spacial score (nSPS) is 12.0. The number of aryl methyl sites for hydroxylation is 1. The molecule has 0 bridgehead atoms. The van der Waals surface area contributed by atoms with Gasteiger partial charge in [-0.3, -0.25) is 0 Å². The highest BCUT2D eigenvalue weighted by Crippen LogP contribution is 2.27. The van der Waals surface area contributed by atoms with Gasteiger partial charge in [0, 0.05) is 17.5 Å². The van der Waals surface area contributed by atoms with Crippen LogP contribution in [0.5, 0.6) is 0 Å². The number of rotatable bonds is 3. The molecular formula is C13H11N5O2S. The van der Waals surface area contributed by atoms with Crippen molar-refractivity contribution in [2.75, 3.05) is 0 Å². The van der Waals surface area contributed by atoms with Crippen LogP contribution in [0.4, 0.5) is 0 Å². The molecule has 0 radical (unpaired) electrons. The summed E-state index contributed by atoms with van der Waals surface area (Å²) in [6, 6.07) is 9.10. The van der Waals surface area contributed by atoms with E-state index in [1.54, 1.807) is 13.0 Å². The van der Waals surface area contributed by atoms with Crippen LogP contribution in [0.2, 0.25) is 0 Å². The smallest absolute Gasteiger partial charge is 0.264 e. The van der Waals surface area contributed by atoms with Crippen molar-refractivity contribution < 1.29 is 9.62 Å². The molecule has 106 valence electrons. The number of para-hydroxylation sites is 2. The second kappa shape index (κ2) is 5.41. The Morgan fingerprint density at radius 2 is 2.10 bits per heavy atom. The topological polar surface area (TPSA) is 110 Å². The minimum absolute atomic E-state index is 0.0695. The maximum absolute atomic E-state index is 8.72. The minimum Gasteiger partial charge on any atom is -0.431 e. The lowest BCUT2D eigenvalue weighted by molar-refractivity contribution is 0.318. The third kappa shape index (κ3) is 2.79. The number of oxime groups is 1. The largest absolute Gasteiger partial charge is 0.431 e. The first kappa shape index (κ1) is 13.4. The summed E-state index contributed by atoms with van der Waals surface area (Å²) in [5.74, 6) is -0.0695. The van der Waals surface area contributed by atoms with Crippen LogP contribution in [0.15, 0.2) is 50.3 Å². The maximum Gasteiger partial charge on any atom is 0.264 e. The lowest BCUT2D eigenvalue weighted by Crippen LogP contribution is -2.16. The van der Waals surface area contributed by atoms with Crippen molar-refractivity contribution in [3.63, 3.8) is 0 Å². The number of benzene rings is 1. The molecule has 3 N–H and O–H groups in total. The predicted octanol–water partition coefficient (Wildman–Crippen LogP) is 2.17. The quantitative estimate of drug-likeness (QED) is 0.251. The molecule has 0 atom stereocenters. The van der Waals surface area contributed by atoms with Crippen LogP contribution in [0.25, 0.3) is 11.1 Å². The van der Waals surface area contributed by atoms with Crippen molar-refractivity contribution in [2.45, 2.75) is 17.3 Å². The Morgan fingerprint density at radius 1 is 1.29 bits per heavy atom. The number of oxazole rings is 1. The fraction of sp³-hybridized carbons (Fsp3) is 0.0769. The summed E-state index contributed by atoms with van der Waals surface area (Å²) in [6.45, 7) is 1.80. The predicted molar refractivity (Wildman–Crippen MR) is 77.4 cm³/mol. The zero-order valence-electron chi connectivity index (χ0n) is 11.0. The molecule has 0 aliphatic rings. The van der Waals surface area contributed by atoms with E-state index in [0.29, 0.717) is 27.4 Å². The van der Waals surface area contributed by atoms with E-state index in [1.807, 2.05) is 24.3 Å². The molecule has 2 heterocycles. The Hall–Kier alpha value is -2.61. The first-order valence-electron chi connectivity index (χ1n) is 6.03. The van der Waals surface area contributed by atoms with E-state index in [9.17, 15) is 0 Å². The molecule has 0 amide bonds. The van der Waals surface area contributed by atoms with Gasteiger partial charge in [-0.05, 0) is 25.1 Å². The Kier molecular flexibility index (Phi) is 3.44. The van der Waals surface area contributed by atoms with E-state index in [0.717, 1.165) is 5.52 Å². The van der Waals surface area contributed by atoms with E-state index in [-0.39, 0.29) is 5.84 Å². The average molecular weight is 301 g/mol. The van der Waals surface area contributed by atoms with Gasteiger partial charge in [0.1, 0.15) is 11.2 Å². The Bertz CT molecular complexity index is 797. The van der Waals surface area contributed by atoms with Crippen LogP contribution in [0, 0.1) is 6.92 Å². The number of nitrogens with two attached hydrogens (primary N) is 1. The molecule has 0 saturated heterocycles. The first-order chi connectivity index (χ1) is 10.2. The molecule has 0 spiro atoms. The summed E-state index contributed by atoms with van der Waals surface area (Å²) in [5, 5.41) is 12.5. The molecule has 7 nitrogen and oxygen atoms in total. The highest BCUT2D eigenvalue weighted by atomic mass is 32.2. The van der Waals surface area contributed by atoms with E-state index < -0.39 is 0 Å². The second-order valence-electron chi connectivity index (χ2n) is 4.21. The molecule has 3 rings (SSSR count). The lowest BCUT2D eigenvalue weighted by Gasteiger charge is -2.02. The number of aromatic nitrogens is 3. The summed E-state index contributed by atoms with van der Waals surface area (Å²) in [4.78, 5) is 12.8. The molecule has 0 unspecified atom stereocenters. The van der Waals surface area contributed by atoms with Crippen LogP contribution in [0.3, 0.4) is 0 Å². The molecule has 1 aromatic carbocycles. The van der Waals surface area contributed by atoms with Gasteiger partial charge in [0.25, 0.3) is 5.22 Å².